The molecule has 5 rings (SSSR count). The maximum atomic E-state index is 12.2. The highest BCUT2D eigenvalue weighted by atomic mass is 32.1. The van der Waals surface area contributed by atoms with Gasteiger partial charge in [-0.15, -0.1) is 0 Å². The molecule has 3 heterocycles. The van der Waals surface area contributed by atoms with Gasteiger partial charge in [0.1, 0.15) is 6.61 Å². The lowest BCUT2D eigenvalue weighted by Crippen LogP contribution is -2.29. The van der Waals surface area contributed by atoms with Crippen LogP contribution in [0.1, 0.15) is 54.1 Å². The van der Waals surface area contributed by atoms with E-state index in [2.05, 4.69) is 89.1 Å². The Hall–Kier alpha value is -4.21. The molecule has 0 spiro atoms. The lowest BCUT2D eigenvalue weighted by Gasteiger charge is -2.29. The number of amides is 1. The van der Waals surface area contributed by atoms with E-state index in [0.29, 0.717) is 5.11 Å². The lowest BCUT2D eigenvalue weighted by molar-refractivity contribution is -0.119. The average Bonchev–Trinajstić information content (AvgIpc) is 3.50. The number of benzene rings is 2. The zero-order chi connectivity index (χ0) is 30.7. The Morgan fingerprint density at radius 1 is 1.02 bits per heavy atom. The molecule has 43 heavy (non-hydrogen) atoms. The summed E-state index contributed by atoms with van der Waals surface area (Å²) in [5.74, 6) is -0.192. The fourth-order valence-electron chi connectivity index (χ4n) is 6.09. The first-order valence-electron chi connectivity index (χ1n) is 14.7. The number of carbonyl (C=O) groups is 1. The summed E-state index contributed by atoms with van der Waals surface area (Å²) in [4.78, 5) is 21.4. The maximum absolute atomic E-state index is 12.2. The molecule has 0 radical (unpaired) electrons. The van der Waals surface area contributed by atoms with Crippen LogP contribution in [0, 0.1) is 20.8 Å². The molecule has 1 amide bonds. The van der Waals surface area contributed by atoms with Crippen LogP contribution < -0.4 is 20.4 Å². The van der Waals surface area contributed by atoms with Gasteiger partial charge in [-0.3, -0.25) is 9.78 Å². The number of nitrogens with zero attached hydrogens (tertiary/aromatic N) is 4. The van der Waals surface area contributed by atoms with Crippen molar-refractivity contribution >= 4 is 40.3 Å². The summed E-state index contributed by atoms with van der Waals surface area (Å²) in [5.41, 5.74) is 9.35. The van der Waals surface area contributed by atoms with Crippen LogP contribution in [0.4, 0.5) is 17.1 Å². The van der Waals surface area contributed by atoms with Crippen molar-refractivity contribution in [2.75, 3.05) is 41.9 Å². The topological polar surface area (TPSA) is 74.7 Å². The van der Waals surface area contributed by atoms with E-state index in [9.17, 15) is 4.79 Å². The molecule has 2 atom stereocenters. The fourth-order valence-corrected chi connectivity index (χ4v) is 6.44. The highest BCUT2D eigenvalue weighted by Crippen LogP contribution is 2.44. The van der Waals surface area contributed by atoms with Gasteiger partial charge in [0.15, 0.2) is 5.11 Å². The van der Waals surface area contributed by atoms with Crippen LogP contribution in [0.3, 0.4) is 0 Å². The molecule has 2 N–H and O–H groups in total. The largest absolute Gasteiger partial charge is 0.375 e. The molecule has 9 heteroatoms. The zero-order valence-electron chi connectivity index (χ0n) is 25.7. The molecule has 1 aliphatic heterocycles. The number of aromatic nitrogens is 2. The van der Waals surface area contributed by atoms with Crippen LogP contribution in [0.15, 0.2) is 72.9 Å². The van der Waals surface area contributed by atoms with E-state index in [4.69, 9.17) is 21.9 Å². The smallest absolute Gasteiger partial charge is 0.250 e. The Kier molecular flexibility index (Phi) is 9.13. The molecule has 1 aliphatic rings. The number of rotatable bonds is 10. The second-order valence-electron chi connectivity index (χ2n) is 10.8. The van der Waals surface area contributed by atoms with Crippen LogP contribution in [0.2, 0.25) is 0 Å². The molecular formula is C34H40N6O2S. The van der Waals surface area contributed by atoms with Crippen molar-refractivity contribution < 1.29 is 9.53 Å². The van der Waals surface area contributed by atoms with Crippen molar-refractivity contribution in [3.05, 3.63) is 101 Å². The minimum atomic E-state index is -0.192. The first-order valence-corrected chi connectivity index (χ1v) is 15.1. The summed E-state index contributed by atoms with van der Waals surface area (Å²) in [6, 6.07) is 22.7. The van der Waals surface area contributed by atoms with Gasteiger partial charge in [0.25, 0.3) is 0 Å². The van der Waals surface area contributed by atoms with Gasteiger partial charge in [0.2, 0.25) is 5.91 Å². The van der Waals surface area contributed by atoms with Crippen LogP contribution >= 0.6 is 12.2 Å². The molecule has 2 aromatic heterocycles. The Morgan fingerprint density at radius 2 is 1.74 bits per heavy atom. The first-order chi connectivity index (χ1) is 20.8. The lowest BCUT2D eigenvalue weighted by atomic mass is 9.96. The number of hydrogen-bond acceptors (Lipinski definition) is 5. The summed E-state index contributed by atoms with van der Waals surface area (Å²) in [6.07, 6.45) is 1.82. The van der Waals surface area contributed by atoms with Crippen molar-refractivity contribution in [2.24, 2.45) is 0 Å². The van der Waals surface area contributed by atoms with E-state index in [1.54, 1.807) is 0 Å². The number of carbonyl (C=O) groups excluding carboxylic acids is 1. The molecule has 2 aromatic carbocycles. The number of nitrogens with one attached hydrogen (secondary N) is 2. The van der Waals surface area contributed by atoms with Gasteiger partial charge in [0.05, 0.1) is 17.8 Å². The Morgan fingerprint density at radius 3 is 2.37 bits per heavy atom. The molecule has 0 saturated carbocycles. The predicted molar refractivity (Wildman–Crippen MR) is 178 cm³/mol. The van der Waals surface area contributed by atoms with Gasteiger partial charge in [0, 0.05) is 60.5 Å². The summed E-state index contributed by atoms with van der Waals surface area (Å²) >= 11 is 5.98. The second kappa shape index (κ2) is 13.0. The number of thiocarbonyl (C=S) groups is 1. The van der Waals surface area contributed by atoms with Gasteiger partial charge >= 0.3 is 0 Å². The summed E-state index contributed by atoms with van der Waals surface area (Å²) < 4.78 is 7.29. The molecule has 4 aromatic rings. The standard InChI is InChI=1S/C34H40N6O2S/c1-7-38(8-2)25-12-14-26(15-13-25)39-23(4)20-28(24(39)5)33-32(30-11-9-10-18-35-30)37-34(43)40(33)27-16-17-29(22(3)19-27)36-31(41)21-42-6/h9-20,32-33H,7-8,21H2,1-6H3,(H,36,41)(H,37,43)/t32-,33-/m1/s1. The highest BCUT2D eigenvalue weighted by Gasteiger charge is 2.42. The maximum Gasteiger partial charge on any atom is 0.250 e. The van der Waals surface area contributed by atoms with Gasteiger partial charge in [-0.25, -0.2) is 0 Å². The van der Waals surface area contributed by atoms with E-state index in [1.807, 2.05) is 43.5 Å². The van der Waals surface area contributed by atoms with Gasteiger partial charge in [-0.2, -0.15) is 0 Å². The van der Waals surface area contributed by atoms with E-state index in [1.165, 1.54) is 18.4 Å². The molecular weight excluding hydrogens is 556 g/mol. The second-order valence-corrected chi connectivity index (χ2v) is 11.2. The quantitative estimate of drug-likeness (QED) is 0.205. The van der Waals surface area contributed by atoms with Crippen molar-refractivity contribution in [1.82, 2.24) is 14.9 Å². The molecule has 8 nitrogen and oxygen atoms in total. The predicted octanol–water partition coefficient (Wildman–Crippen LogP) is 6.41. The minimum absolute atomic E-state index is 0.00294. The molecule has 1 saturated heterocycles. The zero-order valence-corrected chi connectivity index (χ0v) is 26.5. The van der Waals surface area contributed by atoms with Crippen molar-refractivity contribution in [1.29, 1.82) is 0 Å². The number of methoxy groups -OCH3 is 1. The summed E-state index contributed by atoms with van der Waals surface area (Å²) in [6.45, 7) is 12.6. The summed E-state index contributed by atoms with van der Waals surface area (Å²) in [7, 11) is 1.51. The number of anilines is 3. The third-order valence-corrected chi connectivity index (χ3v) is 8.48. The third-order valence-electron chi connectivity index (χ3n) is 8.16. The SMILES string of the molecule is CCN(CC)c1ccc(-n2c(C)cc([C@@H]3[C@@H](c4ccccn4)NC(=S)N3c3ccc(NC(=O)COC)c(C)c3)c2C)cc1. The van der Waals surface area contributed by atoms with E-state index in [0.717, 1.165) is 52.8 Å². The normalized spacial score (nSPS) is 16.3. The summed E-state index contributed by atoms with van der Waals surface area (Å²) in [5, 5.41) is 7.13. The first kappa shape index (κ1) is 30.3. The van der Waals surface area contributed by atoms with Crippen LogP contribution in [-0.4, -0.2) is 47.4 Å². The van der Waals surface area contributed by atoms with Crippen LogP contribution in [-0.2, 0) is 9.53 Å². The molecule has 224 valence electrons. The Labute approximate surface area is 259 Å². The molecule has 0 unspecified atom stereocenters. The number of ether oxygens (including phenoxy) is 1. The number of pyridine rings is 1. The van der Waals surface area contributed by atoms with Crippen LogP contribution in [0.25, 0.3) is 5.69 Å². The van der Waals surface area contributed by atoms with Crippen molar-refractivity contribution in [2.45, 2.75) is 46.7 Å². The average molecular weight is 597 g/mol. The van der Waals surface area contributed by atoms with E-state index < -0.39 is 0 Å². The van der Waals surface area contributed by atoms with Crippen molar-refractivity contribution in [3.63, 3.8) is 0 Å². The molecule has 0 aliphatic carbocycles. The van der Waals surface area contributed by atoms with Crippen molar-refractivity contribution in [3.8, 4) is 5.69 Å². The molecule has 0 bridgehead atoms. The van der Waals surface area contributed by atoms with E-state index >= 15 is 0 Å². The Balaban J connectivity index is 1.57. The number of aryl methyl sites for hydroxylation is 2. The Bertz CT molecular complexity index is 1600. The van der Waals surface area contributed by atoms with Crippen LogP contribution in [0.5, 0.6) is 0 Å². The number of hydrogen-bond donors (Lipinski definition) is 2. The van der Waals surface area contributed by atoms with Gasteiger partial charge < -0.3 is 29.7 Å². The van der Waals surface area contributed by atoms with E-state index in [-0.39, 0.29) is 24.6 Å². The van der Waals surface area contributed by atoms with Gasteiger partial charge in [-0.1, -0.05) is 6.07 Å². The highest BCUT2D eigenvalue weighted by molar-refractivity contribution is 7.80. The molecule has 1 fully saturated rings. The fraction of sp³-hybridized carbons (Fsp3) is 0.324. The van der Waals surface area contributed by atoms with Gasteiger partial charge in [-0.05, 0) is 119 Å². The third kappa shape index (κ3) is 6.00. The minimum Gasteiger partial charge on any atom is -0.375 e. The monoisotopic (exact) mass is 596 g/mol.